The Kier molecular flexibility index (Phi) is 6.79. The van der Waals surface area contributed by atoms with Crippen LogP contribution in [0.1, 0.15) is 24.8 Å². The zero-order valence-electron chi connectivity index (χ0n) is 17.1. The summed E-state index contributed by atoms with van der Waals surface area (Å²) in [5, 5.41) is 2.94. The number of piperidine rings is 1. The number of piperazine rings is 1. The number of hydrogen-bond donors (Lipinski definition) is 1. The molecule has 1 aromatic rings. The lowest BCUT2D eigenvalue weighted by Crippen LogP contribution is -2.57. The maximum absolute atomic E-state index is 13.0. The second kappa shape index (κ2) is 9.69. The molecule has 3 aliphatic heterocycles. The van der Waals surface area contributed by atoms with Crippen LogP contribution in [0.3, 0.4) is 0 Å². The molecule has 158 valence electrons. The van der Waals surface area contributed by atoms with E-state index in [2.05, 4.69) is 27.2 Å². The second-order valence-electron chi connectivity index (χ2n) is 8.23. The molecule has 1 aromatic carbocycles. The predicted octanol–water partition coefficient (Wildman–Crippen LogP) is 0.700. The molecule has 0 bridgehead atoms. The molecule has 3 saturated heterocycles. The Hall–Kier alpha value is -1.96. The van der Waals surface area contributed by atoms with Gasteiger partial charge in [0.25, 0.3) is 0 Å². The lowest BCUT2D eigenvalue weighted by molar-refractivity contribution is -0.140. The maximum Gasteiger partial charge on any atom is 0.237 e. The summed E-state index contributed by atoms with van der Waals surface area (Å²) in [7, 11) is 0. The third kappa shape index (κ3) is 5.15. The molecule has 3 fully saturated rings. The number of nitrogens with zero attached hydrogens (tertiary/aromatic N) is 3. The fourth-order valence-corrected chi connectivity index (χ4v) is 4.71. The van der Waals surface area contributed by atoms with Gasteiger partial charge in [0, 0.05) is 51.9 Å². The van der Waals surface area contributed by atoms with Gasteiger partial charge in [0.05, 0.1) is 25.7 Å². The molecule has 0 spiro atoms. The van der Waals surface area contributed by atoms with Crippen molar-refractivity contribution >= 4 is 11.8 Å². The van der Waals surface area contributed by atoms with Crippen LogP contribution in [0.15, 0.2) is 30.3 Å². The molecular formula is C22H32N4O3. The first-order chi connectivity index (χ1) is 14.2. The van der Waals surface area contributed by atoms with Gasteiger partial charge in [-0.25, -0.2) is 0 Å². The van der Waals surface area contributed by atoms with Gasteiger partial charge in [-0.1, -0.05) is 30.3 Å². The molecule has 29 heavy (non-hydrogen) atoms. The normalized spacial score (nSPS) is 25.0. The van der Waals surface area contributed by atoms with Crippen molar-refractivity contribution in [3.05, 3.63) is 35.9 Å². The van der Waals surface area contributed by atoms with Gasteiger partial charge in [0.15, 0.2) is 0 Å². The van der Waals surface area contributed by atoms with Crippen LogP contribution in [0.2, 0.25) is 0 Å². The minimum Gasteiger partial charge on any atom is -0.379 e. The van der Waals surface area contributed by atoms with Crippen LogP contribution in [-0.2, 0) is 20.9 Å². The Morgan fingerprint density at radius 2 is 1.76 bits per heavy atom. The van der Waals surface area contributed by atoms with Crippen LogP contribution in [0.5, 0.6) is 0 Å². The van der Waals surface area contributed by atoms with Crippen LogP contribution in [0.25, 0.3) is 0 Å². The number of benzene rings is 1. The number of carbonyl (C=O) groups excluding carboxylic acids is 2. The third-order valence-electron chi connectivity index (χ3n) is 6.42. The van der Waals surface area contributed by atoms with E-state index in [-0.39, 0.29) is 24.3 Å². The van der Waals surface area contributed by atoms with E-state index < -0.39 is 0 Å². The van der Waals surface area contributed by atoms with Crippen LogP contribution in [0, 0.1) is 0 Å². The summed E-state index contributed by atoms with van der Waals surface area (Å²) in [6.07, 6.45) is 2.29. The topological polar surface area (TPSA) is 65.1 Å². The van der Waals surface area contributed by atoms with E-state index in [1.165, 1.54) is 5.56 Å². The summed E-state index contributed by atoms with van der Waals surface area (Å²) in [6.45, 7) is 7.30. The van der Waals surface area contributed by atoms with Crippen molar-refractivity contribution < 1.29 is 14.3 Å². The molecule has 3 heterocycles. The van der Waals surface area contributed by atoms with E-state index in [4.69, 9.17) is 4.74 Å². The minimum absolute atomic E-state index is 0.0243. The van der Waals surface area contributed by atoms with Crippen molar-refractivity contribution in [1.29, 1.82) is 0 Å². The molecule has 1 unspecified atom stereocenters. The Balaban J connectivity index is 1.31. The summed E-state index contributed by atoms with van der Waals surface area (Å²) >= 11 is 0. The number of morpholine rings is 1. The number of rotatable bonds is 5. The first-order valence-corrected chi connectivity index (χ1v) is 10.9. The van der Waals surface area contributed by atoms with Gasteiger partial charge in [-0.3, -0.25) is 19.4 Å². The van der Waals surface area contributed by atoms with Crippen molar-refractivity contribution in [3.8, 4) is 0 Å². The monoisotopic (exact) mass is 400 g/mol. The number of likely N-dealkylation sites (tertiary alicyclic amines) is 1. The standard InChI is InChI=1S/C22H32N4O3/c27-21(25-9-6-19(7-10-25)24-12-14-29-15-13-24)16-20-22(28)23-8-11-26(20)17-18-4-2-1-3-5-18/h1-5,19-20H,6-17H2,(H,23,28). The van der Waals surface area contributed by atoms with Gasteiger partial charge < -0.3 is 15.0 Å². The zero-order valence-corrected chi connectivity index (χ0v) is 17.1. The summed E-state index contributed by atoms with van der Waals surface area (Å²) < 4.78 is 5.45. The van der Waals surface area contributed by atoms with Crippen LogP contribution in [0.4, 0.5) is 0 Å². The molecule has 1 N–H and O–H groups in total. The summed E-state index contributed by atoms with van der Waals surface area (Å²) in [6, 6.07) is 10.3. The Morgan fingerprint density at radius 1 is 1.03 bits per heavy atom. The average molecular weight is 401 g/mol. The van der Waals surface area contributed by atoms with E-state index in [1.54, 1.807) is 0 Å². The highest BCUT2D eigenvalue weighted by Crippen LogP contribution is 2.20. The van der Waals surface area contributed by atoms with Gasteiger partial charge in [0.2, 0.25) is 11.8 Å². The van der Waals surface area contributed by atoms with Gasteiger partial charge >= 0.3 is 0 Å². The predicted molar refractivity (Wildman–Crippen MR) is 110 cm³/mol. The van der Waals surface area contributed by atoms with Crippen LogP contribution < -0.4 is 5.32 Å². The highest BCUT2D eigenvalue weighted by molar-refractivity contribution is 5.88. The number of ether oxygens (including phenoxy) is 1. The van der Waals surface area contributed by atoms with Crippen molar-refractivity contribution in [2.24, 2.45) is 0 Å². The Bertz CT molecular complexity index is 685. The van der Waals surface area contributed by atoms with E-state index in [1.807, 2.05) is 23.1 Å². The third-order valence-corrected chi connectivity index (χ3v) is 6.42. The molecule has 3 aliphatic rings. The Labute approximate surface area is 173 Å². The highest BCUT2D eigenvalue weighted by Gasteiger charge is 2.34. The summed E-state index contributed by atoms with van der Waals surface area (Å²) in [5.41, 5.74) is 1.17. The number of carbonyl (C=O) groups is 2. The highest BCUT2D eigenvalue weighted by atomic mass is 16.5. The fourth-order valence-electron chi connectivity index (χ4n) is 4.71. The van der Waals surface area contributed by atoms with Crippen LogP contribution >= 0.6 is 0 Å². The largest absolute Gasteiger partial charge is 0.379 e. The maximum atomic E-state index is 13.0. The van der Waals surface area contributed by atoms with E-state index in [0.717, 1.165) is 58.8 Å². The van der Waals surface area contributed by atoms with E-state index in [9.17, 15) is 9.59 Å². The molecule has 7 nitrogen and oxygen atoms in total. The van der Waals surface area contributed by atoms with Crippen molar-refractivity contribution in [3.63, 3.8) is 0 Å². The van der Waals surface area contributed by atoms with Gasteiger partial charge in [-0.15, -0.1) is 0 Å². The SMILES string of the molecule is O=C1NCCN(Cc2ccccc2)C1CC(=O)N1CCC(N2CCOCC2)CC1. The molecule has 0 aromatic heterocycles. The molecule has 2 amide bonds. The van der Waals surface area contributed by atoms with Gasteiger partial charge in [-0.05, 0) is 18.4 Å². The smallest absolute Gasteiger partial charge is 0.237 e. The zero-order chi connectivity index (χ0) is 20.1. The molecule has 7 heteroatoms. The van der Waals surface area contributed by atoms with Gasteiger partial charge in [0.1, 0.15) is 0 Å². The number of nitrogens with one attached hydrogen (secondary N) is 1. The van der Waals surface area contributed by atoms with Gasteiger partial charge in [-0.2, -0.15) is 0 Å². The molecule has 0 aliphatic carbocycles. The first-order valence-electron chi connectivity index (χ1n) is 10.9. The molecule has 4 rings (SSSR count). The lowest BCUT2D eigenvalue weighted by Gasteiger charge is -2.41. The molecule has 1 atom stereocenters. The van der Waals surface area contributed by atoms with E-state index >= 15 is 0 Å². The van der Waals surface area contributed by atoms with Crippen molar-refractivity contribution in [2.75, 3.05) is 52.5 Å². The molecular weight excluding hydrogens is 368 g/mol. The molecule has 0 saturated carbocycles. The Morgan fingerprint density at radius 3 is 2.48 bits per heavy atom. The van der Waals surface area contributed by atoms with Crippen molar-refractivity contribution in [2.45, 2.75) is 37.9 Å². The fraction of sp³-hybridized carbons (Fsp3) is 0.636. The lowest BCUT2D eigenvalue weighted by atomic mass is 10.0. The minimum atomic E-state index is -0.381. The van der Waals surface area contributed by atoms with Crippen molar-refractivity contribution in [1.82, 2.24) is 20.0 Å². The number of amides is 2. The average Bonchev–Trinajstić information content (AvgIpc) is 2.77. The molecule has 0 radical (unpaired) electrons. The second-order valence-corrected chi connectivity index (χ2v) is 8.23. The quantitative estimate of drug-likeness (QED) is 0.788. The number of hydrogen-bond acceptors (Lipinski definition) is 5. The van der Waals surface area contributed by atoms with E-state index in [0.29, 0.717) is 19.1 Å². The summed E-state index contributed by atoms with van der Waals surface area (Å²) in [5.74, 6) is 0.0780. The first kappa shape index (κ1) is 20.3. The summed E-state index contributed by atoms with van der Waals surface area (Å²) in [4.78, 5) is 32.1. The van der Waals surface area contributed by atoms with Crippen LogP contribution in [-0.4, -0.2) is 91.1 Å².